The largest absolute Gasteiger partial charge is 0.490 e. The van der Waals surface area contributed by atoms with Gasteiger partial charge in [0.1, 0.15) is 5.82 Å². The molecule has 1 aliphatic heterocycles. The minimum Gasteiger partial charge on any atom is -0.490 e. The molecule has 1 amide bonds. The maximum atomic E-state index is 12.6. The lowest BCUT2D eigenvalue weighted by molar-refractivity contribution is -0.113. The number of hydrogen-bond donors (Lipinski definition) is 1. The molecule has 0 spiro atoms. The zero-order valence-corrected chi connectivity index (χ0v) is 17.9. The smallest absolute Gasteiger partial charge is 0.234 e. The number of benzene rings is 2. The molecule has 0 saturated heterocycles. The number of carbonyl (C=O) groups excluding carboxylic acids is 1. The first-order valence-corrected chi connectivity index (χ1v) is 11.5. The highest BCUT2D eigenvalue weighted by atomic mass is 32.2. The highest BCUT2D eigenvalue weighted by Crippen LogP contribution is 2.40. The molecule has 0 unspecified atom stereocenters. The van der Waals surface area contributed by atoms with Crippen molar-refractivity contribution in [2.75, 3.05) is 24.3 Å². The van der Waals surface area contributed by atoms with E-state index < -0.39 is 0 Å². The molecule has 3 aromatic rings. The van der Waals surface area contributed by atoms with Gasteiger partial charge in [0.2, 0.25) is 5.91 Å². The van der Waals surface area contributed by atoms with E-state index in [4.69, 9.17) is 9.47 Å². The van der Waals surface area contributed by atoms with Crippen molar-refractivity contribution in [2.24, 2.45) is 0 Å². The summed E-state index contributed by atoms with van der Waals surface area (Å²) >= 11 is 1.41. The van der Waals surface area contributed by atoms with Crippen molar-refractivity contribution >= 4 is 23.4 Å². The van der Waals surface area contributed by atoms with E-state index in [0.29, 0.717) is 42.9 Å². The second kappa shape index (κ2) is 9.01. The summed E-state index contributed by atoms with van der Waals surface area (Å²) < 4.78 is 13.5. The van der Waals surface area contributed by atoms with Gasteiger partial charge in [-0.2, -0.15) is 0 Å². The average Bonchev–Trinajstić information content (AvgIpc) is 3.59. The van der Waals surface area contributed by atoms with Gasteiger partial charge in [0.15, 0.2) is 16.7 Å². The van der Waals surface area contributed by atoms with Gasteiger partial charge in [0.05, 0.1) is 25.5 Å². The first-order chi connectivity index (χ1) is 15.3. The van der Waals surface area contributed by atoms with Crippen molar-refractivity contribution < 1.29 is 14.3 Å². The Labute approximate surface area is 185 Å². The number of thioether (sulfide) groups is 1. The van der Waals surface area contributed by atoms with Gasteiger partial charge < -0.3 is 19.4 Å². The normalized spacial score (nSPS) is 15.4. The first-order valence-electron chi connectivity index (χ1n) is 10.6. The molecule has 2 heterocycles. The van der Waals surface area contributed by atoms with E-state index >= 15 is 0 Å². The molecule has 0 atom stereocenters. The summed E-state index contributed by atoms with van der Waals surface area (Å²) in [6.45, 7) is 1.97. The van der Waals surface area contributed by atoms with Crippen molar-refractivity contribution in [3.63, 3.8) is 0 Å². The summed E-state index contributed by atoms with van der Waals surface area (Å²) in [6, 6.07) is 15.8. The topological polar surface area (TPSA) is 78.3 Å². The minimum atomic E-state index is -0.0956. The van der Waals surface area contributed by atoms with Crippen molar-refractivity contribution in [2.45, 2.75) is 36.9 Å². The van der Waals surface area contributed by atoms with Crippen LogP contribution in [-0.2, 0) is 11.3 Å². The van der Waals surface area contributed by atoms with Crippen molar-refractivity contribution in [3.8, 4) is 11.5 Å². The third-order valence-electron chi connectivity index (χ3n) is 5.24. The van der Waals surface area contributed by atoms with Crippen LogP contribution in [0.3, 0.4) is 0 Å². The fourth-order valence-corrected chi connectivity index (χ4v) is 4.28. The van der Waals surface area contributed by atoms with Crippen LogP contribution in [0.4, 0.5) is 5.69 Å². The fraction of sp³-hybridized carbons (Fsp3) is 0.348. The Hall–Kier alpha value is -3.00. The number of fused-ring (bicyclic) bond motifs is 1. The number of amides is 1. The van der Waals surface area contributed by atoms with Crippen LogP contribution >= 0.6 is 11.8 Å². The summed E-state index contributed by atoms with van der Waals surface area (Å²) in [5.74, 6) is 3.05. The molecular weight excluding hydrogens is 412 g/mol. The summed E-state index contributed by atoms with van der Waals surface area (Å²) in [6.07, 6.45) is 3.16. The van der Waals surface area contributed by atoms with Gasteiger partial charge in [-0.15, -0.1) is 10.2 Å². The third-order valence-corrected chi connectivity index (χ3v) is 6.20. The maximum Gasteiger partial charge on any atom is 0.234 e. The number of rotatable bonds is 7. The molecule has 0 bridgehead atoms. The Morgan fingerprint density at radius 2 is 1.87 bits per heavy atom. The number of nitrogens with one attached hydrogen (secondary N) is 1. The number of ether oxygens (including phenoxy) is 2. The quantitative estimate of drug-likeness (QED) is 0.562. The lowest BCUT2D eigenvalue weighted by Crippen LogP contribution is -2.15. The maximum absolute atomic E-state index is 12.6. The van der Waals surface area contributed by atoms with E-state index in [1.54, 1.807) is 0 Å². The van der Waals surface area contributed by atoms with Gasteiger partial charge in [0.25, 0.3) is 0 Å². The fourth-order valence-electron chi connectivity index (χ4n) is 3.53. The predicted octanol–water partition coefficient (Wildman–Crippen LogP) is 4.10. The van der Waals surface area contributed by atoms with Gasteiger partial charge in [0, 0.05) is 24.1 Å². The van der Waals surface area contributed by atoms with Crippen molar-refractivity contribution in [1.29, 1.82) is 0 Å². The standard InChI is InChI=1S/C23H24N4O3S/c28-21(24-18-9-10-19-20(13-18)30-12-4-11-29-19)15-31-23-26-25-22(17-7-8-17)27(23)14-16-5-2-1-3-6-16/h1-3,5-6,9-10,13,17H,4,7-8,11-12,14-15H2,(H,24,28). The van der Waals surface area contributed by atoms with Crippen LogP contribution in [0.5, 0.6) is 11.5 Å². The van der Waals surface area contributed by atoms with Crippen LogP contribution in [0.2, 0.25) is 0 Å². The molecule has 2 aromatic carbocycles. The molecule has 8 heteroatoms. The van der Waals surface area contributed by atoms with E-state index in [-0.39, 0.29) is 11.7 Å². The Morgan fingerprint density at radius 1 is 1.06 bits per heavy atom. The monoisotopic (exact) mass is 436 g/mol. The molecule has 31 heavy (non-hydrogen) atoms. The number of hydrogen-bond acceptors (Lipinski definition) is 6. The number of nitrogens with zero attached hydrogens (tertiary/aromatic N) is 3. The van der Waals surface area contributed by atoms with Crippen LogP contribution < -0.4 is 14.8 Å². The van der Waals surface area contributed by atoms with E-state index in [1.807, 2.05) is 36.4 Å². The molecule has 160 valence electrons. The summed E-state index contributed by atoms with van der Waals surface area (Å²) in [5.41, 5.74) is 1.89. The third kappa shape index (κ3) is 4.85. The molecule has 1 N–H and O–H groups in total. The number of anilines is 1. The SMILES string of the molecule is O=C(CSc1nnc(C2CC2)n1Cc1ccccc1)Nc1ccc2c(c1)OCCCO2. The van der Waals surface area contributed by atoms with Crippen LogP contribution in [0.15, 0.2) is 53.7 Å². The average molecular weight is 437 g/mol. The second-order valence-corrected chi connectivity index (χ2v) is 8.68. The summed E-state index contributed by atoms with van der Waals surface area (Å²) in [7, 11) is 0. The molecule has 2 aliphatic rings. The van der Waals surface area contributed by atoms with Crippen molar-refractivity contribution in [1.82, 2.24) is 14.8 Å². The molecule has 7 nitrogen and oxygen atoms in total. The first kappa shape index (κ1) is 19.9. The molecule has 0 radical (unpaired) electrons. The van der Waals surface area contributed by atoms with Crippen LogP contribution in [0.25, 0.3) is 0 Å². The van der Waals surface area contributed by atoms with E-state index in [0.717, 1.165) is 30.2 Å². The summed E-state index contributed by atoms with van der Waals surface area (Å²) in [5, 5.41) is 12.5. The molecule has 5 rings (SSSR count). The molecular formula is C23H24N4O3S. The Balaban J connectivity index is 1.25. The summed E-state index contributed by atoms with van der Waals surface area (Å²) in [4.78, 5) is 12.6. The highest BCUT2D eigenvalue weighted by Gasteiger charge is 2.30. The van der Waals surface area contributed by atoms with Crippen LogP contribution in [0.1, 0.15) is 36.6 Å². The highest BCUT2D eigenvalue weighted by molar-refractivity contribution is 7.99. The van der Waals surface area contributed by atoms with E-state index in [2.05, 4.69) is 32.2 Å². The van der Waals surface area contributed by atoms with Crippen LogP contribution in [0, 0.1) is 0 Å². The zero-order chi connectivity index (χ0) is 21.0. The van der Waals surface area contributed by atoms with Gasteiger partial charge in [-0.25, -0.2) is 0 Å². The Kier molecular flexibility index (Phi) is 5.80. The molecule has 1 aliphatic carbocycles. The molecule has 1 aromatic heterocycles. The second-order valence-electron chi connectivity index (χ2n) is 7.74. The lowest BCUT2D eigenvalue weighted by Gasteiger charge is -2.11. The minimum absolute atomic E-state index is 0.0956. The molecule has 1 fully saturated rings. The number of aromatic nitrogens is 3. The Morgan fingerprint density at radius 3 is 2.68 bits per heavy atom. The van der Waals surface area contributed by atoms with Gasteiger partial charge in [-0.1, -0.05) is 42.1 Å². The van der Waals surface area contributed by atoms with Gasteiger partial charge in [-0.05, 0) is 30.5 Å². The van der Waals surface area contributed by atoms with Gasteiger partial charge in [-0.3, -0.25) is 4.79 Å². The zero-order valence-electron chi connectivity index (χ0n) is 17.1. The van der Waals surface area contributed by atoms with E-state index in [9.17, 15) is 4.79 Å². The van der Waals surface area contributed by atoms with E-state index in [1.165, 1.54) is 17.3 Å². The predicted molar refractivity (Wildman–Crippen MR) is 119 cm³/mol. The lowest BCUT2D eigenvalue weighted by atomic mass is 10.2. The number of carbonyl (C=O) groups is 1. The van der Waals surface area contributed by atoms with Gasteiger partial charge >= 0.3 is 0 Å². The Bertz CT molecular complexity index is 1070. The molecule has 1 saturated carbocycles. The van der Waals surface area contributed by atoms with Crippen LogP contribution in [-0.4, -0.2) is 39.6 Å². The van der Waals surface area contributed by atoms with Crippen molar-refractivity contribution in [3.05, 3.63) is 59.9 Å².